The number of nitrogens with two attached hydrogens (primary N) is 1. The minimum Gasteiger partial charge on any atom is -0.391 e. The fraction of sp³-hybridized carbons (Fsp3) is 0.679. The lowest BCUT2D eigenvalue weighted by Gasteiger charge is -2.32. The molecule has 2 aromatic rings. The summed E-state index contributed by atoms with van der Waals surface area (Å²) in [5, 5.41) is 15.2. The molecule has 0 aliphatic carbocycles. The van der Waals surface area contributed by atoms with Crippen molar-refractivity contribution in [1.29, 1.82) is 0 Å². The van der Waals surface area contributed by atoms with Crippen LogP contribution in [0.5, 0.6) is 0 Å². The molecule has 7 nitrogen and oxygen atoms in total. The van der Waals surface area contributed by atoms with Gasteiger partial charge in [-0.15, -0.1) is 0 Å². The number of methoxy groups -OCH3 is 1. The van der Waals surface area contributed by atoms with Crippen LogP contribution in [0, 0.1) is 11.8 Å². The van der Waals surface area contributed by atoms with Gasteiger partial charge in [-0.1, -0.05) is 39.3 Å². The van der Waals surface area contributed by atoms with Crippen molar-refractivity contribution in [1.82, 2.24) is 14.8 Å². The maximum Gasteiger partial charge on any atom is 0.223 e. The number of fused-ring (bicyclic) bond motifs is 1. The highest BCUT2D eigenvalue weighted by atomic mass is 16.5. The molecule has 1 amide bonds. The van der Waals surface area contributed by atoms with Crippen LogP contribution in [0.4, 0.5) is 0 Å². The second kappa shape index (κ2) is 14.6. The van der Waals surface area contributed by atoms with Crippen LogP contribution < -0.4 is 11.1 Å². The number of aliphatic hydroxyl groups excluding tert-OH is 1. The SMILES string of the molecule is CCCCNC(=O)[C@@H](C[C@H](O)[C@@H](N)CN(Cc1ccc2ccn(CCOC)c2c1)C(C)C)C(C)C. The molecule has 4 N–H and O–H groups in total. The van der Waals surface area contributed by atoms with Gasteiger partial charge in [-0.2, -0.15) is 0 Å². The van der Waals surface area contributed by atoms with Gasteiger partial charge < -0.3 is 25.5 Å². The molecule has 7 heteroatoms. The first-order valence-corrected chi connectivity index (χ1v) is 13.2. The molecule has 1 heterocycles. The first-order valence-electron chi connectivity index (χ1n) is 13.2. The highest BCUT2D eigenvalue weighted by Crippen LogP contribution is 2.22. The summed E-state index contributed by atoms with van der Waals surface area (Å²) in [6.07, 6.45) is 3.74. The van der Waals surface area contributed by atoms with E-state index in [-0.39, 0.29) is 23.8 Å². The molecule has 0 radical (unpaired) electrons. The maximum absolute atomic E-state index is 12.7. The number of nitrogens with zero attached hydrogens (tertiary/aromatic N) is 2. The number of aliphatic hydroxyl groups is 1. The molecule has 35 heavy (non-hydrogen) atoms. The van der Waals surface area contributed by atoms with Gasteiger partial charge in [-0.05, 0) is 55.7 Å². The molecule has 0 aliphatic heterocycles. The molecular weight excluding hydrogens is 440 g/mol. The quantitative estimate of drug-likeness (QED) is 0.313. The Labute approximate surface area is 212 Å². The average molecular weight is 489 g/mol. The zero-order valence-corrected chi connectivity index (χ0v) is 22.7. The summed E-state index contributed by atoms with van der Waals surface area (Å²) in [7, 11) is 1.72. The fourth-order valence-corrected chi connectivity index (χ4v) is 4.43. The monoisotopic (exact) mass is 488 g/mol. The lowest BCUT2D eigenvalue weighted by atomic mass is 9.87. The molecule has 0 bridgehead atoms. The Bertz CT molecular complexity index is 895. The van der Waals surface area contributed by atoms with Gasteiger partial charge in [-0.3, -0.25) is 9.69 Å². The molecular formula is C28H48N4O3. The highest BCUT2D eigenvalue weighted by molar-refractivity contribution is 5.81. The van der Waals surface area contributed by atoms with Gasteiger partial charge in [0.05, 0.1) is 12.7 Å². The number of aromatic nitrogens is 1. The van der Waals surface area contributed by atoms with Gasteiger partial charge in [0.1, 0.15) is 0 Å². The number of ether oxygens (including phenoxy) is 1. The van der Waals surface area contributed by atoms with Crippen LogP contribution in [0.3, 0.4) is 0 Å². The second-order valence-electron chi connectivity index (χ2n) is 10.4. The van der Waals surface area contributed by atoms with Crippen molar-refractivity contribution in [2.24, 2.45) is 17.6 Å². The third kappa shape index (κ3) is 8.90. The van der Waals surface area contributed by atoms with E-state index < -0.39 is 12.1 Å². The summed E-state index contributed by atoms with van der Waals surface area (Å²) >= 11 is 0. The van der Waals surface area contributed by atoms with Gasteiger partial charge >= 0.3 is 0 Å². The topological polar surface area (TPSA) is 92.7 Å². The summed E-state index contributed by atoms with van der Waals surface area (Å²) < 4.78 is 7.46. The molecule has 3 atom stereocenters. The smallest absolute Gasteiger partial charge is 0.223 e. The third-order valence-electron chi connectivity index (χ3n) is 6.90. The first kappa shape index (κ1) is 29.3. The molecule has 198 valence electrons. The number of carbonyl (C=O) groups excluding carboxylic acids is 1. The minimum atomic E-state index is -0.741. The number of carbonyl (C=O) groups is 1. The molecule has 0 fully saturated rings. The average Bonchev–Trinajstić information content (AvgIpc) is 3.22. The summed E-state index contributed by atoms with van der Waals surface area (Å²) in [6, 6.07) is 8.52. The van der Waals surface area contributed by atoms with E-state index in [0.717, 1.165) is 25.9 Å². The van der Waals surface area contributed by atoms with Crippen LogP contribution in [-0.2, 0) is 22.6 Å². The lowest BCUT2D eigenvalue weighted by Crippen LogP contribution is -2.48. The number of amides is 1. The Balaban J connectivity index is 2.04. The summed E-state index contributed by atoms with van der Waals surface area (Å²) in [6.45, 7) is 13.9. The Kier molecular flexibility index (Phi) is 12.2. The zero-order valence-electron chi connectivity index (χ0n) is 22.7. The highest BCUT2D eigenvalue weighted by Gasteiger charge is 2.29. The van der Waals surface area contributed by atoms with E-state index in [1.807, 2.05) is 13.8 Å². The molecule has 0 aliphatic rings. The lowest BCUT2D eigenvalue weighted by molar-refractivity contribution is -0.127. The minimum absolute atomic E-state index is 0.0187. The van der Waals surface area contributed by atoms with E-state index in [0.29, 0.717) is 26.1 Å². The Hall–Kier alpha value is -1.93. The van der Waals surface area contributed by atoms with Crippen molar-refractivity contribution in [3.05, 3.63) is 36.0 Å². The van der Waals surface area contributed by atoms with Crippen LogP contribution in [0.25, 0.3) is 10.9 Å². The number of unbranched alkanes of at least 4 members (excludes halogenated alkanes) is 1. The van der Waals surface area contributed by atoms with Crippen LogP contribution in [-0.4, -0.2) is 65.5 Å². The van der Waals surface area contributed by atoms with E-state index >= 15 is 0 Å². The van der Waals surface area contributed by atoms with Crippen LogP contribution in [0.2, 0.25) is 0 Å². The van der Waals surface area contributed by atoms with E-state index in [1.165, 1.54) is 16.5 Å². The number of nitrogens with one attached hydrogen (secondary N) is 1. The third-order valence-corrected chi connectivity index (χ3v) is 6.90. The second-order valence-corrected chi connectivity index (χ2v) is 10.4. The maximum atomic E-state index is 12.7. The standard InChI is InChI=1S/C28H48N4O3/c1-7-8-12-30-28(34)24(20(2)3)17-27(33)25(29)19-32(21(4)5)18-22-9-10-23-11-13-31(14-15-35-6)26(23)16-22/h9-11,13,16,20-21,24-25,27,33H,7-8,12,14-15,17-19,29H2,1-6H3,(H,30,34)/t24-,25-,27-/m0/s1. The Morgan fingerprint density at radius 1 is 1.23 bits per heavy atom. The molecule has 0 saturated heterocycles. The van der Waals surface area contributed by atoms with Gasteiger partial charge in [0.2, 0.25) is 5.91 Å². The summed E-state index contributed by atoms with van der Waals surface area (Å²) in [5.41, 5.74) is 8.90. The molecule has 1 aromatic heterocycles. The predicted molar refractivity (Wildman–Crippen MR) is 144 cm³/mol. The largest absolute Gasteiger partial charge is 0.391 e. The summed E-state index contributed by atoms with van der Waals surface area (Å²) in [4.78, 5) is 15.0. The normalized spacial score (nSPS) is 14.7. The van der Waals surface area contributed by atoms with Crippen LogP contribution in [0.15, 0.2) is 30.5 Å². The van der Waals surface area contributed by atoms with Crippen molar-refractivity contribution in [3.63, 3.8) is 0 Å². The molecule has 0 spiro atoms. The van der Waals surface area contributed by atoms with Gasteiger partial charge in [0, 0.05) is 63.0 Å². The van der Waals surface area contributed by atoms with Gasteiger partial charge in [0.15, 0.2) is 0 Å². The number of benzene rings is 1. The predicted octanol–water partition coefficient (Wildman–Crippen LogP) is 3.76. The van der Waals surface area contributed by atoms with Crippen molar-refractivity contribution < 1.29 is 14.6 Å². The van der Waals surface area contributed by atoms with Gasteiger partial charge in [0.25, 0.3) is 0 Å². The zero-order chi connectivity index (χ0) is 26.0. The first-order chi connectivity index (χ1) is 16.7. The van der Waals surface area contributed by atoms with Crippen molar-refractivity contribution in [2.75, 3.05) is 26.8 Å². The molecule has 0 saturated carbocycles. The fourth-order valence-electron chi connectivity index (χ4n) is 4.43. The number of hydrogen-bond donors (Lipinski definition) is 3. The van der Waals surface area contributed by atoms with E-state index in [2.05, 4.69) is 66.0 Å². The van der Waals surface area contributed by atoms with Crippen LogP contribution in [0.1, 0.15) is 59.4 Å². The summed E-state index contributed by atoms with van der Waals surface area (Å²) in [5.74, 6) is -0.0892. The van der Waals surface area contributed by atoms with E-state index in [9.17, 15) is 9.90 Å². The van der Waals surface area contributed by atoms with E-state index in [1.54, 1.807) is 7.11 Å². The van der Waals surface area contributed by atoms with E-state index in [4.69, 9.17) is 10.5 Å². The molecule has 0 unspecified atom stereocenters. The molecule has 1 aromatic carbocycles. The number of rotatable bonds is 16. The van der Waals surface area contributed by atoms with Crippen molar-refractivity contribution in [3.8, 4) is 0 Å². The van der Waals surface area contributed by atoms with Crippen molar-refractivity contribution in [2.45, 2.75) is 85.2 Å². The van der Waals surface area contributed by atoms with Gasteiger partial charge in [-0.25, -0.2) is 0 Å². The Morgan fingerprint density at radius 3 is 2.60 bits per heavy atom. The van der Waals surface area contributed by atoms with Crippen molar-refractivity contribution >= 4 is 16.8 Å². The Morgan fingerprint density at radius 2 is 1.97 bits per heavy atom. The number of hydrogen-bond acceptors (Lipinski definition) is 5. The van der Waals surface area contributed by atoms with Crippen LogP contribution >= 0.6 is 0 Å². The molecule has 2 rings (SSSR count).